The predicted octanol–water partition coefficient (Wildman–Crippen LogP) is 2.56. The van der Waals surface area contributed by atoms with E-state index in [0.717, 1.165) is 21.9 Å². The Labute approximate surface area is 148 Å². The van der Waals surface area contributed by atoms with Crippen LogP contribution in [0.25, 0.3) is 0 Å². The standard InChI is InChI=1S/C17H14BrNO3Se/c18-13-3-1-12(2-4-13)11-23-15-7-5-14(6-8-15)19-16(20)9-10-17(21)22/h1-10H,11H2,(H,19,20)(H,21,22)/b10-9-. The van der Waals surface area contributed by atoms with Crippen molar-refractivity contribution in [3.63, 3.8) is 0 Å². The Bertz CT molecular complexity index is 712. The second-order valence-electron chi connectivity index (χ2n) is 4.60. The summed E-state index contributed by atoms with van der Waals surface area (Å²) in [4.78, 5) is 21.8. The average Bonchev–Trinajstić information content (AvgIpc) is 2.54. The van der Waals surface area contributed by atoms with Gasteiger partial charge in [-0.2, -0.15) is 0 Å². The molecule has 118 valence electrons. The van der Waals surface area contributed by atoms with E-state index in [2.05, 4.69) is 33.4 Å². The van der Waals surface area contributed by atoms with E-state index < -0.39 is 11.9 Å². The number of hydrogen-bond donors (Lipinski definition) is 2. The number of carboxylic acid groups (broad SMARTS) is 1. The zero-order valence-electron chi connectivity index (χ0n) is 12.0. The molecule has 0 bridgehead atoms. The summed E-state index contributed by atoms with van der Waals surface area (Å²) >= 11 is 3.74. The van der Waals surface area contributed by atoms with E-state index in [-0.39, 0.29) is 0 Å². The third kappa shape index (κ3) is 6.40. The molecule has 6 heteroatoms. The van der Waals surface area contributed by atoms with Crippen LogP contribution < -0.4 is 9.78 Å². The summed E-state index contributed by atoms with van der Waals surface area (Å²) in [6.45, 7) is 0. The molecule has 0 fully saturated rings. The molecule has 2 aromatic carbocycles. The molecule has 0 saturated heterocycles. The molecule has 0 radical (unpaired) electrons. The summed E-state index contributed by atoms with van der Waals surface area (Å²) < 4.78 is 2.31. The van der Waals surface area contributed by atoms with Crippen molar-refractivity contribution in [2.45, 2.75) is 5.32 Å². The number of carboxylic acids is 1. The Morgan fingerprint density at radius 2 is 1.70 bits per heavy atom. The second-order valence-corrected chi connectivity index (χ2v) is 7.72. The minimum atomic E-state index is -1.15. The van der Waals surface area contributed by atoms with Crippen molar-refractivity contribution in [3.05, 3.63) is 70.7 Å². The van der Waals surface area contributed by atoms with E-state index in [4.69, 9.17) is 5.11 Å². The van der Waals surface area contributed by atoms with Crippen LogP contribution in [0, 0.1) is 0 Å². The summed E-state index contributed by atoms with van der Waals surface area (Å²) in [6.07, 6.45) is 1.80. The van der Waals surface area contributed by atoms with Crippen LogP contribution in [0.2, 0.25) is 0 Å². The van der Waals surface area contributed by atoms with Crippen molar-refractivity contribution in [1.82, 2.24) is 0 Å². The normalized spacial score (nSPS) is 10.7. The molecule has 0 heterocycles. The van der Waals surface area contributed by atoms with Gasteiger partial charge in [-0.1, -0.05) is 0 Å². The van der Waals surface area contributed by atoms with Crippen LogP contribution in [-0.4, -0.2) is 31.9 Å². The van der Waals surface area contributed by atoms with Crippen molar-refractivity contribution < 1.29 is 14.7 Å². The molecule has 23 heavy (non-hydrogen) atoms. The van der Waals surface area contributed by atoms with Gasteiger partial charge in [0.1, 0.15) is 0 Å². The summed E-state index contributed by atoms with van der Waals surface area (Å²) in [6, 6.07) is 15.9. The summed E-state index contributed by atoms with van der Waals surface area (Å²) in [5.41, 5.74) is 1.94. The first-order chi connectivity index (χ1) is 11.0. The first kappa shape index (κ1) is 17.5. The van der Waals surface area contributed by atoms with Gasteiger partial charge in [0.2, 0.25) is 0 Å². The van der Waals surface area contributed by atoms with Gasteiger partial charge in [0.05, 0.1) is 0 Å². The number of halogens is 1. The van der Waals surface area contributed by atoms with Crippen LogP contribution in [0.4, 0.5) is 5.69 Å². The van der Waals surface area contributed by atoms with Crippen LogP contribution in [0.3, 0.4) is 0 Å². The number of rotatable bonds is 6. The molecule has 0 aromatic heterocycles. The second kappa shape index (κ2) is 8.67. The number of carbonyl (C=O) groups excluding carboxylic acids is 1. The van der Waals surface area contributed by atoms with Crippen LogP contribution in [0.5, 0.6) is 0 Å². The number of nitrogens with one attached hydrogen (secondary N) is 1. The van der Waals surface area contributed by atoms with Crippen LogP contribution >= 0.6 is 15.9 Å². The Balaban J connectivity index is 1.88. The van der Waals surface area contributed by atoms with E-state index in [0.29, 0.717) is 20.6 Å². The molecule has 0 saturated carbocycles. The topological polar surface area (TPSA) is 66.4 Å². The number of aliphatic carboxylic acids is 1. The predicted molar refractivity (Wildman–Crippen MR) is 95.1 cm³/mol. The molecule has 0 aliphatic rings. The molecular formula is C17H14BrNO3Se. The van der Waals surface area contributed by atoms with Gasteiger partial charge in [-0.05, 0) is 0 Å². The summed E-state index contributed by atoms with van der Waals surface area (Å²) in [5.74, 6) is -1.60. The molecule has 1 amide bonds. The van der Waals surface area contributed by atoms with E-state index >= 15 is 0 Å². The summed E-state index contributed by atoms with van der Waals surface area (Å²) in [5, 5.41) is 12.1. The van der Waals surface area contributed by atoms with E-state index in [1.165, 1.54) is 10.0 Å². The SMILES string of the molecule is O=C(O)/C=C\C(=O)Nc1ccc([Se]Cc2ccc(Br)cc2)cc1. The summed E-state index contributed by atoms with van der Waals surface area (Å²) in [7, 11) is 0. The van der Waals surface area contributed by atoms with Crippen molar-refractivity contribution in [1.29, 1.82) is 0 Å². The molecule has 0 atom stereocenters. The van der Waals surface area contributed by atoms with E-state index in [9.17, 15) is 9.59 Å². The number of amides is 1. The van der Waals surface area contributed by atoms with Crippen LogP contribution in [-0.2, 0) is 14.9 Å². The Morgan fingerprint density at radius 1 is 1.04 bits per heavy atom. The Morgan fingerprint density at radius 3 is 2.30 bits per heavy atom. The van der Waals surface area contributed by atoms with E-state index in [1.807, 2.05) is 36.4 Å². The zero-order valence-corrected chi connectivity index (χ0v) is 15.3. The van der Waals surface area contributed by atoms with Crippen LogP contribution in [0.1, 0.15) is 5.56 Å². The third-order valence-electron chi connectivity index (χ3n) is 2.82. The van der Waals surface area contributed by atoms with Gasteiger partial charge < -0.3 is 0 Å². The fourth-order valence-corrected chi connectivity index (χ4v) is 3.77. The molecule has 0 unspecified atom stereocenters. The van der Waals surface area contributed by atoms with Gasteiger partial charge in [0.15, 0.2) is 0 Å². The maximum absolute atomic E-state index is 11.5. The fraction of sp³-hybridized carbons (Fsp3) is 0.0588. The molecule has 4 nitrogen and oxygen atoms in total. The monoisotopic (exact) mass is 439 g/mol. The van der Waals surface area contributed by atoms with Gasteiger partial charge >= 0.3 is 149 Å². The van der Waals surface area contributed by atoms with Gasteiger partial charge in [-0.15, -0.1) is 0 Å². The number of anilines is 1. The first-order valence-electron chi connectivity index (χ1n) is 6.72. The zero-order chi connectivity index (χ0) is 16.7. The molecule has 0 aliphatic carbocycles. The Kier molecular flexibility index (Phi) is 6.59. The maximum atomic E-state index is 11.5. The molecule has 2 rings (SSSR count). The van der Waals surface area contributed by atoms with Gasteiger partial charge in [-0.3, -0.25) is 0 Å². The number of hydrogen-bond acceptors (Lipinski definition) is 2. The average molecular weight is 439 g/mol. The van der Waals surface area contributed by atoms with E-state index in [1.54, 1.807) is 0 Å². The molecule has 2 N–H and O–H groups in total. The number of carbonyl (C=O) groups is 2. The van der Waals surface area contributed by atoms with Crippen molar-refractivity contribution in [2.75, 3.05) is 5.32 Å². The van der Waals surface area contributed by atoms with Gasteiger partial charge in [0.25, 0.3) is 0 Å². The molecule has 2 aromatic rings. The molecule has 0 spiro atoms. The van der Waals surface area contributed by atoms with Crippen LogP contribution in [0.15, 0.2) is 65.2 Å². The van der Waals surface area contributed by atoms with Gasteiger partial charge in [0, 0.05) is 0 Å². The third-order valence-corrected chi connectivity index (χ3v) is 5.62. The first-order valence-corrected chi connectivity index (χ1v) is 9.58. The quantitative estimate of drug-likeness (QED) is 0.538. The Hall–Kier alpha value is -1.88. The molecule has 0 aliphatic heterocycles. The number of benzene rings is 2. The van der Waals surface area contributed by atoms with Crippen molar-refractivity contribution in [2.24, 2.45) is 0 Å². The fourth-order valence-electron chi connectivity index (χ4n) is 1.71. The van der Waals surface area contributed by atoms with Crippen molar-refractivity contribution in [3.8, 4) is 0 Å². The molecular weight excluding hydrogens is 425 g/mol. The minimum absolute atomic E-state index is 0.319. The van der Waals surface area contributed by atoms with Crippen molar-refractivity contribution >= 4 is 52.9 Å². The van der Waals surface area contributed by atoms with Gasteiger partial charge in [-0.25, -0.2) is 0 Å².